The lowest BCUT2D eigenvalue weighted by atomic mass is 9.68. The molecule has 20 heavy (non-hydrogen) atoms. The number of rotatable bonds is 3. The van der Waals surface area contributed by atoms with Gasteiger partial charge >= 0.3 is 5.97 Å². The van der Waals surface area contributed by atoms with Gasteiger partial charge in [-0.1, -0.05) is 26.0 Å². The first kappa shape index (κ1) is 14.9. The monoisotopic (exact) mass is 282 g/mol. The third-order valence-electron chi connectivity index (χ3n) is 4.53. The van der Waals surface area contributed by atoms with Crippen LogP contribution in [0.5, 0.6) is 0 Å². The van der Waals surface area contributed by atoms with E-state index in [1.807, 2.05) is 0 Å². The lowest BCUT2D eigenvalue weighted by Gasteiger charge is -2.36. The van der Waals surface area contributed by atoms with E-state index in [9.17, 15) is 18.7 Å². The van der Waals surface area contributed by atoms with Crippen LogP contribution in [-0.4, -0.2) is 11.1 Å². The molecule has 1 aliphatic rings. The van der Waals surface area contributed by atoms with Crippen molar-refractivity contribution in [2.75, 3.05) is 0 Å². The molecule has 1 saturated carbocycles. The normalized spacial score (nSPS) is 26.8. The molecule has 0 radical (unpaired) electrons. The molecule has 110 valence electrons. The number of hydrogen-bond acceptors (Lipinski definition) is 1. The Labute approximate surface area is 117 Å². The van der Waals surface area contributed by atoms with E-state index in [-0.39, 0.29) is 5.56 Å². The average molecular weight is 282 g/mol. The van der Waals surface area contributed by atoms with E-state index < -0.39 is 29.4 Å². The highest BCUT2D eigenvalue weighted by Gasteiger charge is 2.38. The second-order valence-corrected chi connectivity index (χ2v) is 6.01. The van der Waals surface area contributed by atoms with Gasteiger partial charge in [0.1, 0.15) is 0 Å². The molecule has 1 aromatic carbocycles. The van der Waals surface area contributed by atoms with Gasteiger partial charge < -0.3 is 5.11 Å². The van der Waals surface area contributed by atoms with Crippen molar-refractivity contribution in [3.05, 3.63) is 35.4 Å². The summed E-state index contributed by atoms with van der Waals surface area (Å²) in [5, 5.41) is 9.34. The van der Waals surface area contributed by atoms with E-state index in [1.165, 1.54) is 12.1 Å². The van der Waals surface area contributed by atoms with Gasteiger partial charge in [-0.3, -0.25) is 4.79 Å². The number of carbonyl (C=O) groups is 1. The summed E-state index contributed by atoms with van der Waals surface area (Å²) in [5.74, 6) is -3.00. The second-order valence-electron chi connectivity index (χ2n) is 6.01. The minimum Gasteiger partial charge on any atom is -0.481 e. The van der Waals surface area contributed by atoms with Crippen molar-refractivity contribution >= 4 is 5.97 Å². The quantitative estimate of drug-likeness (QED) is 0.902. The SMILES string of the molecule is CC(C)C1CCC(C(=O)O)C(c2cccc(F)c2F)C1. The van der Waals surface area contributed by atoms with Gasteiger partial charge in [-0.05, 0) is 42.7 Å². The molecule has 1 N–H and O–H groups in total. The van der Waals surface area contributed by atoms with E-state index in [0.29, 0.717) is 24.7 Å². The summed E-state index contributed by atoms with van der Waals surface area (Å²) in [6, 6.07) is 4.03. The number of aliphatic carboxylic acids is 1. The zero-order valence-corrected chi connectivity index (χ0v) is 11.8. The van der Waals surface area contributed by atoms with E-state index in [1.54, 1.807) is 0 Å². The Morgan fingerprint density at radius 2 is 2.00 bits per heavy atom. The molecule has 0 amide bonds. The molecule has 0 aromatic heterocycles. The maximum absolute atomic E-state index is 14.0. The third kappa shape index (κ3) is 2.84. The van der Waals surface area contributed by atoms with Crippen molar-refractivity contribution in [2.45, 2.75) is 39.0 Å². The lowest BCUT2D eigenvalue weighted by Crippen LogP contribution is -2.31. The first-order valence-electron chi connectivity index (χ1n) is 7.08. The van der Waals surface area contributed by atoms with E-state index >= 15 is 0 Å². The molecule has 2 nitrogen and oxygen atoms in total. The van der Waals surface area contributed by atoms with Crippen LogP contribution < -0.4 is 0 Å². The van der Waals surface area contributed by atoms with E-state index in [0.717, 1.165) is 12.5 Å². The summed E-state index contributed by atoms with van der Waals surface area (Å²) in [5.41, 5.74) is 0.211. The van der Waals surface area contributed by atoms with Crippen molar-refractivity contribution in [1.29, 1.82) is 0 Å². The van der Waals surface area contributed by atoms with Crippen LogP contribution in [0.1, 0.15) is 44.6 Å². The van der Waals surface area contributed by atoms with Gasteiger partial charge in [0.25, 0.3) is 0 Å². The van der Waals surface area contributed by atoms with Crippen LogP contribution in [0.3, 0.4) is 0 Å². The van der Waals surface area contributed by atoms with E-state index in [4.69, 9.17) is 0 Å². The second kappa shape index (κ2) is 5.90. The smallest absolute Gasteiger partial charge is 0.307 e. The average Bonchev–Trinajstić information content (AvgIpc) is 2.41. The number of carboxylic acid groups (broad SMARTS) is 1. The molecule has 2 rings (SSSR count). The minimum atomic E-state index is -0.916. The molecule has 3 unspecified atom stereocenters. The topological polar surface area (TPSA) is 37.3 Å². The van der Waals surface area contributed by atoms with Crippen molar-refractivity contribution in [1.82, 2.24) is 0 Å². The highest BCUT2D eigenvalue weighted by molar-refractivity contribution is 5.71. The Hall–Kier alpha value is -1.45. The van der Waals surface area contributed by atoms with Crippen molar-refractivity contribution in [3.63, 3.8) is 0 Å². The van der Waals surface area contributed by atoms with Gasteiger partial charge in [0.05, 0.1) is 5.92 Å². The van der Waals surface area contributed by atoms with Crippen LogP contribution in [0.4, 0.5) is 8.78 Å². The molecular formula is C16H20F2O2. The van der Waals surface area contributed by atoms with Crippen molar-refractivity contribution in [2.24, 2.45) is 17.8 Å². The summed E-state index contributed by atoms with van der Waals surface area (Å²) >= 11 is 0. The summed E-state index contributed by atoms with van der Waals surface area (Å²) in [4.78, 5) is 11.4. The number of halogens is 2. The Balaban J connectivity index is 2.36. The summed E-state index contributed by atoms with van der Waals surface area (Å²) in [6.45, 7) is 4.18. The van der Waals surface area contributed by atoms with E-state index in [2.05, 4.69) is 13.8 Å². The zero-order chi connectivity index (χ0) is 14.9. The van der Waals surface area contributed by atoms with Crippen molar-refractivity contribution < 1.29 is 18.7 Å². The molecule has 1 fully saturated rings. The standard InChI is InChI=1S/C16H20F2O2/c1-9(2)10-6-7-12(16(19)20)13(8-10)11-4-3-5-14(17)15(11)18/h3-5,9-10,12-13H,6-8H2,1-2H3,(H,19,20). The summed E-state index contributed by atoms with van der Waals surface area (Å²) in [7, 11) is 0. The summed E-state index contributed by atoms with van der Waals surface area (Å²) in [6.07, 6.45) is 1.97. The fourth-order valence-electron chi connectivity index (χ4n) is 3.25. The van der Waals surface area contributed by atoms with Gasteiger partial charge in [0.15, 0.2) is 11.6 Å². The molecular weight excluding hydrogens is 262 g/mol. The highest BCUT2D eigenvalue weighted by atomic mass is 19.2. The zero-order valence-electron chi connectivity index (χ0n) is 11.8. The molecule has 0 saturated heterocycles. The van der Waals surface area contributed by atoms with Crippen LogP contribution in [0.25, 0.3) is 0 Å². The summed E-state index contributed by atoms with van der Waals surface area (Å²) < 4.78 is 27.4. The molecule has 0 spiro atoms. The Bertz CT molecular complexity index is 499. The van der Waals surface area contributed by atoms with Crippen molar-refractivity contribution in [3.8, 4) is 0 Å². The number of hydrogen-bond donors (Lipinski definition) is 1. The Kier molecular flexibility index (Phi) is 4.41. The molecule has 0 aliphatic heterocycles. The predicted molar refractivity (Wildman–Crippen MR) is 72.4 cm³/mol. The fraction of sp³-hybridized carbons (Fsp3) is 0.562. The molecule has 4 heteroatoms. The number of benzene rings is 1. The predicted octanol–water partition coefficient (Wildman–Crippen LogP) is 4.21. The van der Waals surface area contributed by atoms with Gasteiger partial charge in [-0.25, -0.2) is 8.78 Å². The van der Waals surface area contributed by atoms with Crippen LogP contribution in [-0.2, 0) is 4.79 Å². The highest BCUT2D eigenvalue weighted by Crippen LogP contribution is 2.44. The number of carboxylic acids is 1. The molecule has 0 heterocycles. The maximum Gasteiger partial charge on any atom is 0.307 e. The maximum atomic E-state index is 14.0. The van der Waals surface area contributed by atoms with Crippen LogP contribution in [0.2, 0.25) is 0 Å². The minimum absolute atomic E-state index is 0.211. The first-order valence-corrected chi connectivity index (χ1v) is 7.08. The molecule has 3 atom stereocenters. The van der Waals surface area contributed by atoms with Gasteiger partial charge in [0, 0.05) is 5.92 Å². The van der Waals surface area contributed by atoms with Crippen LogP contribution in [0.15, 0.2) is 18.2 Å². The Morgan fingerprint density at radius 3 is 2.60 bits per heavy atom. The molecule has 1 aliphatic carbocycles. The van der Waals surface area contributed by atoms with Gasteiger partial charge in [0.2, 0.25) is 0 Å². The van der Waals surface area contributed by atoms with Gasteiger partial charge in [-0.15, -0.1) is 0 Å². The van der Waals surface area contributed by atoms with Crippen LogP contribution in [0, 0.1) is 29.4 Å². The molecule has 1 aromatic rings. The third-order valence-corrected chi connectivity index (χ3v) is 4.53. The first-order chi connectivity index (χ1) is 9.41. The van der Waals surface area contributed by atoms with Gasteiger partial charge in [-0.2, -0.15) is 0 Å². The largest absolute Gasteiger partial charge is 0.481 e. The fourth-order valence-corrected chi connectivity index (χ4v) is 3.25. The lowest BCUT2D eigenvalue weighted by molar-refractivity contribution is -0.144. The molecule has 0 bridgehead atoms. The Morgan fingerprint density at radius 1 is 1.30 bits per heavy atom. The van der Waals surface area contributed by atoms with Crippen LogP contribution >= 0.6 is 0 Å².